The molecule has 0 radical (unpaired) electrons. The zero-order chi connectivity index (χ0) is 24.1. The second kappa shape index (κ2) is 10.7. The first-order valence-electron chi connectivity index (χ1n) is 12.1. The number of nitrogens with one attached hydrogen (secondary N) is 1. The van der Waals surface area contributed by atoms with Crippen LogP contribution in [0.3, 0.4) is 0 Å². The quantitative estimate of drug-likeness (QED) is 0.573. The fourth-order valence-corrected chi connectivity index (χ4v) is 5.01. The van der Waals surface area contributed by atoms with Crippen LogP contribution in [0.15, 0.2) is 48.5 Å². The third kappa shape index (κ3) is 5.24. The molecule has 1 fully saturated rings. The number of carbonyl (C=O) groups is 3. The predicted octanol–water partition coefficient (Wildman–Crippen LogP) is 4.41. The van der Waals surface area contributed by atoms with E-state index in [0.717, 1.165) is 24.0 Å². The lowest BCUT2D eigenvalue weighted by molar-refractivity contribution is -0.141. The summed E-state index contributed by atoms with van der Waals surface area (Å²) in [7, 11) is 0. The number of ether oxygens (including phenoxy) is 1. The molecule has 2 aromatic carbocycles. The van der Waals surface area contributed by atoms with Crippen molar-refractivity contribution in [3.05, 3.63) is 59.7 Å². The minimum atomic E-state index is -0.866. The Hall–Kier alpha value is -3.35. The predicted molar refractivity (Wildman–Crippen MR) is 128 cm³/mol. The van der Waals surface area contributed by atoms with Crippen LogP contribution < -0.4 is 5.32 Å². The lowest BCUT2D eigenvalue weighted by Crippen LogP contribution is -2.41. The Kier molecular flexibility index (Phi) is 7.50. The normalized spacial score (nSPS) is 17.7. The highest BCUT2D eigenvalue weighted by atomic mass is 16.5. The third-order valence-electron chi connectivity index (χ3n) is 6.88. The van der Waals surface area contributed by atoms with E-state index in [1.165, 1.54) is 11.1 Å². The summed E-state index contributed by atoms with van der Waals surface area (Å²) < 4.78 is 5.65. The molecular weight excluding hydrogens is 432 g/mol. The van der Waals surface area contributed by atoms with Gasteiger partial charge in [-0.2, -0.15) is 0 Å². The summed E-state index contributed by atoms with van der Waals surface area (Å²) in [5.74, 6) is -1.52. The maximum atomic E-state index is 12.8. The Labute approximate surface area is 200 Å². The molecule has 2 atom stereocenters. The van der Waals surface area contributed by atoms with Crippen molar-refractivity contribution in [3.63, 3.8) is 0 Å². The SMILES string of the molecule is CCCC[C@H](CC(=O)N1CCC(C(=O)O)C1)NC(=O)OCC1c2ccccc2-c2ccccc21. The lowest BCUT2D eigenvalue weighted by Gasteiger charge is -2.22. The van der Waals surface area contributed by atoms with Crippen molar-refractivity contribution in [1.29, 1.82) is 0 Å². The Balaban J connectivity index is 1.35. The van der Waals surface area contributed by atoms with Crippen molar-refractivity contribution in [2.75, 3.05) is 19.7 Å². The van der Waals surface area contributed by atoms with Crippen LogP contribution in [-0.4, -0.2) is 53.7 Å². The smallest absolute Gasteiger partial charge is 0.407 e. The van der Waals surface area contributed by atoms with E-state index in [2.05, 4.69) is 36.5 Å². The molecule has 4 rings (SSSR count). The molecule has 2 aromatic rings. The Morgan fingerprint density at radius 2 is 1.74 bits per heavy atom. The molecule has 0 saturated carbocycles. The summed E-state index contributed by atoms with van der Waals surface area (Å²) in [6.45, 7) is 2.96. The van der Waals surface area contributed by atoms with Crippen molar-refractivity contribution >= 4 is 18.0 Å². The van der Waals surface area contributed by atoms with Gasteiger partial charge in [-0.1, -0.05) is 68.3 Å². The summed E-state index contributed by atoms with van der Waals surface area (Å²) in [4.78, 5) is 38.3. The number of benzene rings is 2. The Morgan fingerprint density at radius 1 is 1.09 bits per heavy atom. The molecule has 0 aromatic heterocycles. The largest absolute Gasteiger partial charge is 0.481 e. The van der Waals surface area contributed by atoms with Gasteiger partial charge < -0.3 is 20.1 Å². The number of rotatable bonds is 9. The number of hydrogen-bond acceptors (Lipinski definition) is 4. The van der Waals surface area contributed by atoms with Gasteiger partial charge >= 0.3 is 12.1 Å². The van der Waals surface area contributed by atoms with Gasteiger partial charge in [0.05, 0.1) is 5.92 Å². The molecule has 2 N–H and O–H groups in total. The van der Waals surface area contributed by atoms with E-state index in [0.29, 0.717) is 19.4 Å². The molecule has 1 saturated heterocycles. The number of nitrogens with zero attached hydrogens (tertiary/aromatic N) is 1. The van der Waals surface area contributed by atoms with Crippen molar-refractivity contribution in [2.24, 2.45) is 5.92 Å². The van der Waals surface area contributed by atoms with Gasteiger partial charge in [0.25, 0.3) is 0 Å². The molecule has 1 aliphatic carbocycles. The second-order valence-electron chi connectivity index (χ2n) is 9.18. The van der Waals surface area contributed by atoms with Gasteiger partial charge in [-0.3, -0.25) is 9.59 Å². The Morgan fingerprint density at radius 3 is 2.32 bits per heavy atom. The molecule has 180 valence electrons. The number of alkyl carbamates (subject to hydrolysis) is 1. The van der Waals surface area contributed by atoms with Gasteiger partial charge in [0.15, 0.2) is 0 Å². The topological polar surface area (TPSA) is 95.9 Å². The van der Waals surface area contributed by atoms with Crippen LogP contribution >= 0.6 is 0 Å². The maximum absolute atomic E-state index is 12.8. The molecule has 1 unspecified atom stereocenters. The molecule has 7 nitrogen and oxygen atoms in total. The summed E-state index contributed by atoms with van der Waals surface area (Å²) in [6, 6.07) is 16.0. The number of carboxylic acid groups (broad SMARTS) is 1. The minimum absolute atomic E-state index is 0.0218. The lowest BCUT2D eigenvalue weighted by atomic mass is 9.98. The van der Waals surface area contributed by atoms with Crippen LogP contribution in [0.1, 0.15) is 56.1 Å². The molecule has 7 heteroatoms. The number of unbranched alkanes of at least 4 members (excludes halogenated alkanes) is 1. The van der Waals surface area contributed by atoms with E-state index in [-0.39, 0.29) is 37.4 Å². The zero-order valence-corrected chi connectivity index (χ0v) is 19.5. The molecule has 2 amide bonds. The van der Waals surface area contributed by atoms with E-state index >= 15 is 0 Å². The summed E-state index contributed by atoms with van der Waals surface area (Å²) in [6.07, 6.45) is 2.58. The van der Waals surface area contributed by atoms with E-state index in [1.54, 1.807) is 4.90 Å². The van der Waals surface area contributed by atoms with Crippen molar-refractivity contribution in [1.82, 2.24) is 10.2 Å². The molecule has 2 aliphatic rings. The van der Waals surface area contributed by atoms with Gasteiger partial charge in [0.2, 0.25) is 5.91 Å². The summed E-state index contributed by atoms with van der Waals surface area (Å²) in [5, 5.41) is 12.1. The van der Waals surface area contributed by atoms with Crippen LogP contribution in [0.5, 0.6) is 0 Å². The molecule has 0 spiro atoms. The van der Waals surface area contributed by atoms with Crippen molar-refractivity contribution in [2.45, 2.75) is 51.0 Å². The van der Waals surface area contributed by atoms with Crippen LogP contribution in [-0.2, 0) is 14.3 Å². The highest BCUT2D eigenvalue weighted by molar-refractivity contribution is 5.80. The average Bonchev–Trinajstić information content (AvgIpc) is 3.45. The van der Waals surface area contributed by atoms with Gasteiger partial charge in [-0.15, -0.1) is 0 Å². The van der Waals surface area contributed by atoms with Crippen molar-refractivity contribution in [3.8, 4) is 11.1 Å². The van der Waals surface area contributed by atoms with Crippen LogP contribution in [0.4, 0.5) is 4.79 Å². The summed E-state index contributed by atoms with van der Waals surface area (Å²) >= 11 is 0. The number of aliphatic carboxylic acids is 1. The number of likely N-dealkylation sites (tertiary alicyclic amines) is 1. The standard InChI is InChI=1S/C27H32N2O5/c1-2-3-8-19(15-25(30)29-14-13-18(16-29)26(31)32)28-27(33)34-17-24-22-11-6-4-9-20(22)21-10-5-7-12-23(21)24/h4-7,9-12,18-19,24H,2-3,8,13-17H2,1H3,(H,28,33)(H,31,32)/t18?,19-/m1/s1. The van der Waals surface area contributed by atoms with Crippen LogP contribution in [0, 0.1) is 5.92 Å². The maximum Gasteiger partial charge on any atom is 0.407 e. The number of amides is 2. The second-order valence-corrected chi connectivity index (χ2v) is 9.18. The monoisotopic (exact) mass is 464 g/mol. The van der Waals surface area contributed by atoms with E-state index < -0.39 is 18.0 Å². The highest BCUT2D eigenvalue weighted by Crippen LogP contribution is 2.44. The fourth-order valence-electron chi connectivity index (χ4n) is 5.01. The van der Waals surface area contributed by atoms with E-state index in [1.807, 2.05) is 24.3 Å². The number of carbonyl (C=O) groups excluding carboxylic acids is 2. The van der Waals surface area contributed by atoms with Crippen molar-refractivity contribution < 1.29 is 24.2 Å². The minimum Gasteiger partial charge on any atom is -0.481 e. The van der Waals surface area contributed by atoms with Gasteiger partial charge in [-0.05, 0) is 35.1 Å². The molecule has 1 aliphatic heterocycles. The van der Waals surface area contributed by atoms with Gasteiger partial charge in [0.1, 0.15) is 6.61 Å². The zero-order valence-electron chi connectivity index (χ0n) is 19.5. The summed E-state index contributed by atoms with van der Waals surface area (Å²) in [5.41, 5.74) is 4.64. The molecule has 1 heterocycles. The average molecular weight is 465 g/mol. The number of hydrogen-bond donors (Lipinski definition) is 2. The van der Waals surface area contributed by atoms with E-state index in [4.69, 9.17) is 4.74 Å². The Bertz CT molecular complexity index is 1010. The highest BCUT2D eigenvalue weighted by Gasteiger charge is 2.32. The van der Waals surface area contributed by atoms with Gasteiger partial charge in [-0.25, -0.2) is 4.79 Å². The third-order valence-corrected chi connectivity index (χ3v) is 6.88. The van der Waals surface area contributed by atoms with Crippen LogP contribution in [0.25, 0.3) is 11.1 Å². The van der Waals surface area contributed by atoms with Gasteiger partial charge in [0, 0.05) is 31.5 Å². The number of fused-ring (bicyclic) bond motifs is 3. The van der Waals surface area contributed by atoms with Crippen LogP contribution in [0.2, 0.25) is 0 Å². The van der Waals surface area contributed by atoms with E-state index in [9.17, 15) is 19.5 Å². The number of carboxylic acids is 1. The fraction of sp³-hybridized carbons (Fsp3) is 0.444. The first kappa shape index (κ1) is 23.8. The molecule has 34 heavy (non-hydrogen) atoms. The molecular formula is C27H32N2O5. The molecule has 0 bridgehead atoms. The first-order valence-corrected chi connectivity index (χ1v) is 12.1. The first-order chi connectivity index (χ1) is 16.5.